The van der Waals surface area contributed by atoms with Gasteiger partial charge in [-0.05, 0) is 42.2 Å². The summed E-state index contributed by atoms with van der Waals surface area (Å²) < 4.78 is 6.80. The molecule has 0 aliphatic carbocycles. The number of methoxy groups -OCH3 is 1. The number of ether oxygens (including phenoxy) is 1. The number of H-pyrrole nitrogens is 2. The topological polar surface area (TPSA) is 144 Å². The number of esters is 1. The van der Waals surface area contributed by atoms with E-state index in [2.05, 4.69) is 24.7 Å². The Morgan fingerprint density at radius 1 is 1.17 bits per heavy atom. The fraction of sp³-hybridized carbons (Fsp3) is 0.280. The predicted octanol–water partition coefficient (Wildman–Crippen LogP) is 1.04. The number of dihydropyridines is 1. The van der Waals surface area contributed by atoms with Crippen molar-refractivity contribution in [3.63, 3.8) is 0 Å². The molecule has 0 atom stereocenters. The van der Waals surface area contributed by atoms with Gasteiger partial charge in [0.15, 0.2) is 0 Å². The second-order valence-electron chi connectivity index (χ2n) is 8.30. The lowest BCUT2D eigenvalue weighted by molar-refractivity contribution is -0.140. The van der Waals surface area contributed by atoms with Crippen molar-refractivity contribution < 1.29 is 9.53 Å². The number of allylic oxidation sites excluding steroid dienone is 1. The number of aliphatic imine (C=N–C) groups is 1. The van der Waals surface area contributed by atoms with Gasteiger partial charge in [-0.15, -0.1) is 0 Å². The van der Waals surface area contributed by atoms with Gasteiger partial charge in [-0.25, -0.2) is 19.1 Å². The van der Waals surface area contributed by atoms with Crippen molar-refractivity contribution in [1.29, 1.82) is 0 Å². The number of nitrogens with one attached hydrogen (secondary N) is 2. The number of aromatic nitrogens is 4. The second-order valence-corrected chi connectivity index (χ2v) is 8.30. The summed E-state index contributed by atoms with van der Waals surface area (Å²) in [6.45, 7) is 2.52. The van der Waals surface area contributed by atoms with Crippen molar-refractivity contribution >= 4 is 23.4 Å². The second kappa shape index (κ2) is 10.8. The van der Waals surface area contributed by atoms with E-state index in [1.54, 1.807) is 18.5 Å². The summed E-state index contributed by atoms with van der Waals surface area (Å²) in [5, 5.41) is 0. The lowest BCUT2D eigenvalue weighted by Crippen LogP contribution is -2.50. The van der Waals surface area contributed by atoms with Gasteiger partial charge in [-0.3, -0.25) is 24.1 Å². The minimum absolute atomic E-state index is 0.0379. The Hall–Kier alpha value is -4.54. The number of aryl methyl sites for hydroxylation is 1. The van der Waals surface area contributed by atoms with Crippen LogP contribution in [0, 0.1) is 6.92 Å². The molecule has 3 aromatic rings. The highest BCUT2D eigenvalue weighted by Gasteiger charge is 2.13. The van der Waals surface area contributed by atoms with Crippen LogP contribution in [-0.4, -0.2) is 44.9 Å². The van der Waals surface area contributed by atoms with Crippen molar-refractivity contribution in [2.45, 2.75) is 32.9 Å². The summed E-state index contributed by atoms with van der Waals surface area (Å²) in [5.41, 5.74) is 1.66. The van der Waals surface area contributed by atoms with Crippen LogP contribution in [0.3, 0.4) is 0 Å². The fourth-order valence-corrected chi connectivity index (χ4v) is 3.74. The maximum Gasteiger partial charge on any atom is 0.335 e. The minimum atomic E-state index is -0.749. The highest BCUT2D eigenvalue weighted by molar-refractivity contribution is 5.86. The van der Waals surface area contributed by atoms with E-state index in [0.717, 1.165) is 26.8 Å². The molecule has 0 fully saturated rings. The lowest BCUT2D eigenvalue weighted by Gasteiger charge is -2.11. The van der Waals surface area contributed by atoms with Gasteiger partial charge in [-0.1, -0.05) is 29.8 Å². The van der Waals surface area contributed by atoms with Crippen molar-refractivity contribution in [3.05, 3.63) is 96.2 Å². The first-order chi connectivity index (χ1) is 17.4. The number of aromatic amines is 2. The zero-order chi connectivity index (χ0) is 25.7. The van der Waals surface area contributed by atoms with Crippen LogP contribution in [-0.2, 0) is 22.6 Å². The van der Waals surface area contributed by atoms with Gasteiger partial charge in [0, 0.05) is 25.5 Å². The molecule has 0 spiro atoms. The molecule has 11 nitrogen and oxygen atoms in total. The molecular weight excluding hydrogens is 464 g/mol. The molecule has 186 valence electrons. The van der Waals surface area contributed by atoms with Gasteiger partial charge in [0.2, 0.25) is 5.62 Å². The van der Waals surface area contributed by atoms with Crippen molar-refractivity contribution in [3.8, 4) is 0 Å². The van der Waals surface area contributed by atoms with Crippen LogP contribution in [0.15, 0.2) is 67.0 Å². The summed E-state index contributed by atoms with van der Waals surface area (Å²) in [5.74, 6) is -0.550. The summed E-state index contributed by atoms with van der Waals surface area (Å²) >= 11 is 0. The maximum absolute atomic E-state index is 13.4. The first-order valence-electron chi connectivity index (χ1n) is 11.4. The SMILES string of the molecule is COC(=O)CCn1c(=O)[nH]/c(=N\c2cc(C3=CC=NCC3)c[nH]c2=O)n(Cc2ccc(C)cc2)c1=O. The summed E-state index contributed by atoms with van der Waals surface area (Å²) in [6, 6.07) is 9.15. The normalized spacial score (nSPS) is 13.5. The number of nitrogens with zero attached hydrogens (tertiary/aromatic N) is 4. The molecule has 3 heterocycles. The molecule has 0 radical (unpaired) electrons. The largest absolute Gasteiger partial charge is 0.469 e. The monoisotopic (exact) mass is 490 g/mol. The van der Waals surface area contributed by atoms with Gasteiger partial charge in [0.25, 0.3) is 5.56 Å². The number of carbonyl (C=O) groups excluding carboxylic acids is 1. The molecule has 1 aliphatic heterocycles. The van der Waals surface area contributed by atoms with Gasteiger partial charge in [0.1, 0.15) is 5.69 Å². The molecular formula is C25H26N6O5. The number of pyridine rings is 1. The number of benzene rings is 1. The fourth-order valence-electron chi connectivity index (χ4n) is 3.74. The van der Waals surface area contributed by atoms with Crippen LogP contribution in [0.2, 0.25) is 0 Å². The molecule has 0 saturated carbocycles. The van der Waals surface area contributed by atoms with Gasteiger partial charge in [0.05, 0.1) is 20.1 Å². The van der Waals surface area contributed by atoms with E-state index in [4.69, 9.17) is 0 Å². The molecule has 0 bridgehead atoms. The Morgan fingerprint density at radius 2 is 1.94 bits per heavy atom. The van der Waals surface area contributed by atoms with E-state index in [9.17, 15) is 19.2 Å². The number of carbonyl (C=O) groups is 1. The van der Waals surface area contributed by atoms with Gasteiger partial charge < -0.3 is 9.72 Å². The highest BCUT2D eigenvalue weighted by Crippen LogP contribution is 2.21. The molecule has 0 amide bonds. The highest BCUT2D eigenvalue weighted by atomic mass is 16.5. The Balaban J connectivity index is 1.86. The summed E-state index contributed by atoms with van der Waals surface area (Å²) in [4.78, 5) is 64.1. The maximum atomic E-state index is 13.4. The predicted molar refractivity (Wildman–Crippen MR) is 134 cm³/mol. The smallest absolute Gasteiger partial charge is 0.335 e. The van der Waals surface area contributed by atoms with E-state index in [1.165, 1.54) is 11.7 Å². The number of hydrogen-bond acceptors (Lipinski definition) is 7. The van der Waals surface area contributed by atoms with Crippen molar-refractivity contribution in [2.75, 3.05) is 13.7 Å². The first kappa shape index (κ1) is 24.6. The quantitative estimate of drug-likeness (QED) is 0.476. The zero-order valence-electron chi connectivity index (χ0n) is 20.0. The molecule has 2 aromatic heterocycles. The van der Waals surface area contributed by atoms with E-state index < -0.39 is 22.9 Å². The molecule has 11 heteroatoms. The van der Waals surface area contributed by atoms with E-state index in [0.29, 0.717) is 13.0 Å². The lowest BCUT2D eigenvalue weighted by atomic mass is 10.0. The van der Waals surface area contributed by atoms with Gasteiger partial charge in [-0.2, -0.15) is 0 Å². The molecule has 0 saturated heterocycles. The molecule has 2 N–H and O–H groups in total. The third-order valence-corrected chi connectivity index (χ3v) is 5.78. The first-order valence-corrected chi connectivity index (χ1v) is 11.4. The third-order valence-electron chi connectivity index (χ3n) is 5.78. The Bertz CT molecular complexity index is 1590. The van der Waals surface area contributed by atoms with Crippen LogP contribution < -0.4 is 22.6 Å². The average molecular weight is 491 g/mol. The van der Waals surface area contributed by atoms with E-state index in [1.807, 2.05) is 37.3 Å². The molecule has 1 aromatic carbocycles. The minimum Gasteiger partial charge on any atom is -0.469 e. The molecule has 1 aliphatic rings. The molecule has 36 heavy (non-hydrogen) atoms. The van der Waals surface area contributed by atoms with Crippen LogP contribution >= 0.6 is 0 Å². The summed E-state index contributed by atoms with van der Waals surface area (Å²) in [6.07, 6.45) is 5.73. The summed E-state index contributed by atoms with van der Waals surface area (Å²) in [7, 11) is 1.23. The van der Waals surface area contributed by atoms with Crippen molar-refractivity contribution in [2.24, 2.45) is 9.98 Å². The average Bonchev–Trinajstić information content (AvgIpc) is 2.89. The molecule has 0 unspecified atom stereocenters. The Kier molecular flexibility index (Phi) is 7.38. The van der Waals surface area contributed by atoms with Gasteiger partial charge >= 0.3 is 17.3 Å². The van der Waals surface area contributed by atoms with Crippen LogP contribution in [0.5, 0.6) is 0 Å². The number of rotatable bonds is 7. The zero-order valence-corrected chi connectivity index (χ0v) is 20.0. The van der Waals surface area contributed by atoms with E-state index in [-0.39, 0.29) is 30.8 Å². The van der Waals surface area contributed by atoms with Crippen LogP contribution in [0.4, 0.5) is 5.69 Å². The Labute approximate surface area is 205 Å². The molecule has 4 rings (SSSR count). The van der Waals surface area contributed by atoms with E-state index >= 15 is 0 Å². The Morgan fingerprint density at radius 3 is 2.64 bits per heavy atom. The number of hydrogen-bond donors (Lipinski definition) is 2. The standard InChI is InChI=1S/C25H26N6O5/c1-16-3-5-17(6-4-16)15-31-23(29-24(34)30(25(31)35)12-9-21(32)36-2)28-20-13-19(14-27-22(20)33)18-7-10-26-11-8-18/h3-7,10,13-14H,8-9,11-12,15H2,1-2H3,(H,27,33)(H,28,29,34). The van der Waals surface area contributed by atoms with Crippen LogP contribution in [0.25, 0.3) is 5.57 Å². The third kappa shape index (κ3) is 5.57. The van der Waals surface area contributed by atoms with Crippen molar-refractivity contribution in [1.82, 2.24) is 19.1 Å². The van der Waals surface area contributed by atoms with Crippen LogP contribution in [0.1, 0.15) is 29.5 Å².